The van der Waals surface area contributed by atoms with E-state index in [0.717, 1.165) is 5.56 Å². The maximum absolute atomic E-state index is 11.5. The van der Waals surface area contributed by atoms with Gasteiger partial charge >= 0.3 is 5.97 Å². The molecule has 0 radical (unpaired) electrons. The minimum Gasteiger partial charge on any atom is -0.507 e. The zero-order chi connectivity index (χ0) is 12.9. The summed E-state index contributed by atoms with van der Waals surface area (Å²) in [4.78, 5) is 11.5. The number of hydrogen-bond donors (Lipinski definition) is 2. The number of fused-ring (bicyclic) bond motifs is 5. The van der Waals surface area contributed by atoms with Gasteiger partial charge in [-0.25, -0.2) is 0 Å². The van der Waals surface area contributed by atoms with Crippen molar-refractivity contribution in [3.63, 3.8) is 0 Å². The number of benzene rings is 1. The molecule has 3 heterocycles. The smallest absolute Gasteiger partial charge is 0.328 e. The summed E-state index contributed by atoms with van der Waals surface area (Å²) in [5.41, 5.74) is 1.55. The maximum Gasteiger partial charge on any atom is 0.328 e. The molecule has 1 aromatic carbocycles. The number of esters is 1. The summed E-state index contributed by atoms with van der Waals surface area (Å²) in [7, 11) is 0. The quantitative estimate of drug-likeness (QED) is 0.666. The first-order valence-corrected chi connectivity index (χ1v) is 6.28. The van der Waals surface area contributed by atoms with E-state index in [-0.39, 0.29) is 30.6 Å². The second-order valence-corrected chi connectivity index (χ2v) is 5.49. The van der Waals surface area contributed by atoms with Gasteiger partial charge in [0.25, 0.3) is 0 Å². The number of carbonyl (C=O) groups excluding carboxylic acids is 1. The molecule has 19 heavy (non-hydrogen) atoms. The minimum absolute atomic E-state index is 0.0200. The molecule has 1 spiro atoms. The molecular formula is C13H11NO5. The van der Waals surface area contributed by atoms with Gasteiger partial charge < -0.3 is 19.3 Å². The number of phenolic OH excluding ortho intramolecular Hbond substituents is 1. The number of nitrogens with one attached hydrogen (secondary N) is 1. The molecule has 0 saturated carbocycles. The highest BCUT2D eigenvalue weighted by molar-refractivity contribution is 5.89. The molecule has 2 N–H and O–H groups in total. The zero-order valence-corrected chi connectivity index (χ0v) is 10.1. The molecule has 0 aromatic heterocycles. The van der Waals surface area contributed by atoms with Crippen molar-refractivity contribution < 1.29 is 24.1 Å². The number of hydrogen-bond acceptors (Lipinski definition) is 6. The maximum atomic E-state index is 11.5. The predicted molar refractivity (Wildman–Crippen MR) is 61.0 cm³/mol. The number of ether oxygens (including phenoxy) is 3. The summed E-state index contributed by atoms with van der Waals surface area (Å²) in [5, 5.41) is 13.7. The molecule has 6 heteroatoms. The number of aromatic hydroxyl groups is 1. The highest BCUT2D eigenvalue weighted by atomic mass is 16.7. The summed E-state index contributed by atoms with van der Waals surface area (Å²) >= 11 is 0. The lowest BCUT2D eigenvalue weighted by atomic mass is 9.82. The summed E-state index contributed by atoms with van der Waals surface area (Å²) in [6.45, 7) is 1.95. The van der Waals surface area contributed by atoms with E-state index in [1.165, 1.54) is 0 Å². The van der Waals surface area contributed by atoms with E-state index in [1.54, 1.807) is 6.92 Å². The molecule has 4 aliphatic rings. The monoisotopic (exact) mass is 261 g/mol. The van der Waals surface area contributed by atoms with Crippen molar-refractivity contribution in [2.24, 2.45) is 0 Å². The lowest BCUT2D eigenvalue weighted by Gasteiger charge is -2.44. The average molecular weight is 261 g/mol. The Morgan fingerprint density at radius 1 is 1.37 bits per heavy atom. The molecular weight excluding hydrogens is 250 g/mol. The fourth-order valence-corrected chi connectivity index (χ4v) is 3.89. The molecule has 6 nitrogen and oxygen atoms in total. The molecule has 1 unspecified atom stereocenters. The van der Waals surface area contributed by atoms with Crippen LogP contribution in [0.2, 0.25) is 0 Å². The number of carbonyl (C=O) groups is 1. The number of phenols is 1. The predicted octanol–water partition coefficient (Wildman–Crippen LogP) is 0.598. The van der Waals surface area contributed by atoms with Gasteiger partial charge in [0.15, 0.2) is 23.1 Å². The van der Waals surface area contributed by atoms with Gasteiger partial charge in [0.1, 0.15) is 5.75 Å². The summed E-state index contributed by atoms with van der Waals surface area (Å²) < 4.78 is 16.4. The lowest BCUT2D eigenvalue weighted by molar-refractivity contribution is -0.197. The molecule has 3 atom stereocenters. The molecule has 1 aromatic rings. The van der Waals surface area contributed by atoms with Crippen molar-refractivity contribution >= 4 is 5.97 Å². The Morgan fingerprint density at radius 3 is 2.95 bits per heavy atom. The van der Waals surface area contributed by atoms with Gasteiger partial charge in [-0.05, 0) is 6.92 Å². The van der Waals surface area contributed by atoms with E-state index in [2.05, 4.69) is 5.32 Å². The van der Waals surface area contributed by atoms with Crippen molar-refractivity contribution in [1.82, 2.24) is 5.32 Å². The van der Waals surface area contributed by atoms with Gasteiger partial charge in [0.2, 0.25) is 6.79 Å². The summed E-state index contributed by atoms with van der Waals surface area (Å²) in [6, 6.07) is -0.357. The molecule has 1 aliphatic carbocycles. The van der Waals surface area contributed by atoms with Crippen LogP contribution in [-0.4, -0.2) is 23.9 Å². The van der Waals surface area contributed by atoms with Crippen LogP contribution in [-0.2, 0) is 15.1 Å². The van der Waals surface area contributed by atoms with Gasteiger partial charge in [-0.2, -0.15) is 0 Å². The van der Waals surface area contributed by atoms with Crippen LogP contribution >= 0.6 is 0 Å². The molecule has 2 saturated heterocycles. The first-order chi connectivity index (χ1) is 9.13. The largest absolute Gasteiger partial charge is 0.507 e. The highest BCUT2D eigenvalue weighted by Gasteiger charge is 2.70. The van der Waals surface area contributed by atoms with E-state index in [1.807, 2.05) is 0 Å². The average Bonchev–Trinajstić information content (AvgIpc) is 3.03. The van der Waals surface area contributed by atoms with Crippen molar-refractivity contribution in [3.05, 3.63) is 16.7 Å². The minimum atomic E-state index is -0.701. The highest BCUT2D eigenvalue weighted by Crippen LogP contribution is 2.65. The Balaban J connectivity index is 1.86. The fraction of sp³-hybridized carbons (Fsp3) is 0.462. The molecule has 2 fully saturated rings. The second-order valence-electron chi connectivity index (χ2n) is 5.49. The van der Waals surface area contributed by atoms with Crippen LogP contribution in [0.15, 0.2) is 0 Å². The van der Waals surface area contributed by atoms with Crippen molar-refractivity contribution in [2.45, 2.75) is 31.0 Å². The topological polar surface area (TPSA) is 77.0 Å². The van der Waals surface area contributed by atoms with Crippen LogP contribution in [0.3, 0.4) is 0 Å². The van der Waals surface area contributed by atoms with Gasteiger partial charge in [0.05, 0.1) is 0 Å². The van der Waals surface area contributed by atoms with Crippen LogP contribution in [0.1, 0.15) is 29.2 Å². The standard InChI is InChI=1S/C13H11NO5/c1-4-8(15)7-6(10-9(4)17-3-18-10)5-2-13(7)11(14-5)12(16)19-13/h5,11,14-15H,2-3H2,1H3/t5?,11-,13+/m1/s1. The van der Waals surface area contributed by atoms with Crippen molar-refractivity contribution in [2.75, 3.05) is 6.79 Å². The Kier molecular flexibility index (Phi) is 1.38. The fourth-order valence-electron chi connectivity index (χ4n) is 3.89. The van der Waals surface area contributed by atoms with Crippen LogP contribution in [0.4, 0.5) is 0 Å². The first-order valence-electron chi connectivity index (χ1n) is 6.28. The van der Waals surface area contributed by atoms with Crippen molar-refractivity contribution in [1.29, 1.82) is 0 Å². The second kappa shape index (κ2) is 2.65. The molecule has 3 aliphatic heterocycles. The van der Waals surface area contributed by atoms with E-state index < -0.39 is 5.60 Å². The molecule has 98 valence electrons. The normalized spacial score (nSPS) is 35.7. The Hall–Kier alpha value is -1.95. The lowest BCUT2D eigenvalue weighted by Crippen LogP contribution is -2.61. The zero-order valence-electron chi connectivity index (χ0n) is 10.1. The van der Waals surface area contributed by atoms with Gasteiger partial charge in [-0.1, -0.05) is 0 Å². The third-order valence-corrected chi connectivity index (χ3v) is 4.69. The third kappa shape index (κ3) is 0.823. The summed E-state index contributed by atoms with van der Waals surface area (Å²) in [5.74, 6) is 1.20. The van der Waals surface area contributed by atoms with Gasteiger partial charge in [-0.3, -0.25) is 10.1 Å². The van der Waals surface area contributed by atoms with E-state index >= 15 is 0 Å². The van der Waals surface area contributed by atoms with Crippen molar-refractivity contribution in [3.8, 4) is 17.2 Å². The van der Waals surface area contributed by atoms with Crippen LogP contribution in [0, 0.1) is 6.92 Å². The van der Waals surface area contributed by atoms with Crippen LogP contribution in [0.25, 0.3) is 0 Å². The van der Waals surface area contributed by atoms with E-state index in [4.69, 9.17) is 14.2 Å². The molecule has 0 amide bonds. The third-order valence-electron chi connectivity index (χ3n) is 4.69. The molecule has 2 bridgehead atoms. The van der Waals surface area contributed by atoms with Crippen LogP contribution < -0.4 is 14.8 Å². The van der Waals surface area contributed by atoms with E-state index in [9.17, 15) is 9.90 Å². The SMILES string of the molecule is Cc1c(O)c2c(c3c1OCO3)C1C[C@]23OC(=O)[C@H]3N1. The van der Waals surface area contributed by atoms with Gasteiger partial charge in [-0.15, -0.1) is 0 Å². The Morgan fingerprint density at radius 2 is 2.16 bits per heavy atom. The first kappa shape index (κ1) is 9.91. The number of rotatable bonds is 0. The molecule has 5 rings (SSSR count). The van der Waals surface area contributed by atoms with E-state index in [0.29, 0.717) is 29.0 Å². The Bertz CT molecular complexity index is 670. The van der Waals surface area contributed by atoms with Gasteiger partial charge in [0, 0.05) is 29.2 Å². The summed E-state index contributed by atoms with van der Waals surface area (Å²) in [6.07, 6.45) is 0.658. The Labute approximate surface area is 108 Å². The van der Waals surface area contributed by atoms with Crippen LogP contribution in [0.5, 0.6) is 17.2 Å².